The monoisotopic (exact) mass is 366 g/mol. The number of benzene rings is 2. The van der Waals surface area contributed by atoms with Gasteiger partial charge in [-0.05, 0) is 36.2 Å². The molecule has 6 heteroatoms. The Labute approximate surface area is 157 Å². The lowest BCUT2D eigenvalue weighted by atomic mass is 10.0. The molecule has 0 aliphatic carbocycles. The number of amides is 2. The predicted octanol–water partition coefficient (Wildman–Crippen LogP) is 4.56. The molecule has 3 aromatic rings. The molecular formula is C20H19ClN4O. The molecular weight excluding hydrogens is 348 g/mol. The molecule has 5 nitrogen and oxygen atoms in total. The van der Waals surface area contributed by atoms with Gasteiger partial charge in [0.15, 0.2) is 0 Å². The van der Waals surface area contributed by atoms with Crippen LogP contribution in [0.3, 0.4) is 0 Å². The van der Waals surface area contributed by atoms with Gasteiger partial charge in [-0.25, -0.2) is 4.79 Å². The van der Waals surface area contributed by atoms with Gasteiger partial charge in [0.2, 0.25) is 0 Å². The SMILES string of the molecule is Cc1ccccc1-c1cnn2c1CN(C(=O)Nc1cccc(Cl)c1)CC2. The van der Waals surface area contributed by atoms with Crippen LogP contribution >= 0.6 is 11.6 Å². The van der Waals surface area contributed by atoms with Crippen molar-refractivity contribution in [1.29, 1.82) is 0 Å². The van der Waals surface area contributed by atoms with E-state index in [1.165, 1.54) is 5.56 Å². The van der Waals surface area contributed by atoms with Crippen LogP contribution in [0.4, 0.5) is 10.5 Å². The molecule has 0 spiro atoms. The first-order valence-electron chi connectivity index (χ1n) is 8.54. The first-order valence-corrected chi connectivity index (χ1v) is 8.92. The van der Waals surface area contributed by atoms with E-state index in [2.05, 4.69) is 29.5 Å². The van der Waals surface area contributed by atoms with Crippen LogP contribution in [0.2, 0.25) is 5.02 Å². The number of carbonyl (C=O) groups is 1. The fourth-order valence-corrected chi connectivity index (χ4v) is 3.48. The minimum Gasteiger partial charge on any atom is -0.317 e. The van der Waals surface area contributed by atoms with Gasteiger partial charge in [0, 0.05) is 22.8 Å². The zero-order valence-electron chi connectivity index (χ0n) is 14.4. The Morgan fingerprint density at radius 3 is 2.77 bits per heavy atom. The highest BCUT2D eigenvalue weighted by molar-refractivity contribution is 6.30. The van der Waals surface area contributed by atoms with Crippen LogP contribution in [0.5, 0.6) is 0 Å². The van der Waals surface area contributed by atoms with Gasteiger partial charge in [-0.15, -0.1) is 0 Å². The Balaban J connectivity index is 1.57. The van der Waals surface area contributed by atoms with E-state index in [0.717, 1.165) is 16.8 Å². The summed E-state index contributed by atoms with van der Waals surface area (Å²) in [4.78, 5) is 14.5. The maximum Gasteiger partial charge on any atom is 0.322 e. The largest absolute Gasteiger partial charge is 0.322 e. The second-order valence-corrected chi connectivity index (χ2v) is 6.84. The number of carbonyl (C=O) groups excluding carboxylic acids is 1. The molecule has 0 fully saturated rings. The maximum atomic E-state index is 12.7. The summed E-state index contributed by atoms with van der Waals surface area (Å²) in [7, 11) is 0. The van der Waals surface area contributed by atoms with Crippen LogP contribution in [0, 0.1) is 6.92 Å². The van der Waals surface area contributed by atoms with Gasteiger partial charge < -0.3 is 10.2 Å². The zero-order chi connectivity index (χ0) is 18.1. The number of nitrogens with one attached hydrogen (secondary N) is 1. The fourth-order valence-electron chi connectivity index (χ4n) is 3.29. The van der Waals surface area contributed by atoms with Crippen molar-refractivity contribution >= 4 is 23.3 Å². The Morgan fingerprint density at radius 2 is 1.96 bits per heavy atom. The molecule has 2 amide bonds. The number of nitrogens with zero attached hydrogens (tertiary/aromatic N) is 3. The highest BCUT2D eigenvalue weighted by Gasteiger charge is 2.25. The lowest BCUT2D eigenvalue weighted by molar-refractivity contribution is 0.194. The molecule has 2 aromatic carbocycles. The molecule has 0 saturated heterocycles. The molecule has 1 aromatic heterocycles. The molecule has 1 aliphatic rings. The second-order valence-electron chi connectivity index (χ2n) is 6.41. The summed E-state index contributed by atoms with van der Waals surface area (Å²) in [6.07, 6.45) is 1.90. The number of hydrogen-bond donors (Lipinski definition) is 1. The van der Waals surface area contributed by atoms with Crippen molar-refractivity contribution in [3.63, 3.8) is 0 Å². The van der Waals surface area contributed by atoms with Crippen molar-refractivity contribution in [1.82, 2.24) is 14.7 Å². The number of anilines is 1. The number of halogens is 1. The third kappa shape index (κ3) is 3.18. The summed E-state index contributed by atoms with van der Waals surface area (Å²) in [6.45, 7) is 3.92. The Morgan fingerprint density at radius 1 is 1.12 bits per heavy atom. The van der Waals surface area contributed by atoms with Gasteiger partial charge in [0.1, 0.15) is 0 Å². The standard InChI is InChI=1S/C20H19ClN4O/c1-14-5-2-3-8-17(14)18-12-22-25-10-9-24(13-19(18)25)20(26)23-16-7-4-6-15(21)11-16/h2-8,11-12H,9-10,13H2,1H3,(H,23,26). The molecule has 0 atom stereocenters. The number of rotatable bonds is 2. The lowest BCUT2D eigenvalue weighted by Gasteiger charge is -2.28. The van der Waals surface area contributed by atoms with Crippen LogP contribution < -0.4 is 5.32 Å². The van der Waals surface area contributed by atoms with Gasteiger partial charge >= 0.3 is 6.03 Å². The molecule has 1 N–H and O–H groups in total. The molecule has 0 saturated carbocycles. The first kappa shape index (κ1) is 16.7. The average molecular weight is 367 g/mol. The summed E-state index contributed by atoms with van der Waals surface area (Å²) >= 11 is 5.99. The number of aromatic nitrogens is 2. The third-order valence-corrected chi connectivity index (χ3v) is 4.90. The van der Waals surface area contributed by atoms with Gasteiger partial charge in [-0.3, -0.25) is 4.68 Å². The summed E-state index contributed by atoms with van der Waals surface area (Å²) in [5.74, 6) is 0. The van der Waals surface area contributed by atoms with Crippen molar-refractivity contribution in [2.75, 3.05) is 11.9 Å². The topological polar surface area (TPSA) is 50.2 Å². The van der Waals surface area contributed by atoms with Gasteiger partial charge in [-0.1, -0.05) is 41.9 Å². The van der Waals surface area contributed by atoms with E-state index in [1.54, 1.807) is 17.0 Å². The molecule has 0 radical (unpaired) electrons. The minimum absolute atomic E-state index is 0.129. The fraction of sp³-hybridized carbons (Fsp3) is 0.200. The first-order chi connectivity index (χ1) is 12.6. The quantitative estimate of drug-likeness (QED) is 0.722. The second kappa shape index (κ2) is 6.84. The van der Waals surface area contributed by atoms with E-state index in [-0.39, 0.29) is 6.03 Å². The Kier molecular flexibility index (Phi) is 4.39. The van der Waals surface area contributed by atoms with E-state index in [4.69, 9.17) is 11.6 Å². The molecule has 2 heterocycles. The molecule has 0 bridgehead atoms. The van der Waals surface area contributed by atoms with Crippen molar-refractivity contribution in [2.24, 2.45) is 0 Å². The molecule has 1 aliphatic heterocycles. The van der Waals surface area contributed by atoms with Crippen molar-refractivity contribution in [2.45, 2.75) is 20.0 Å². The van der Waals surface area contributed by atoms with Crippen molar-refractivity contribution < 1.29 is 4.79 Å². The van der Waals surface area contributed by atoms with E-state index < -0.39 is 0 Å². The minimum atomic E-state index is -0.129. The Hall–Kier alpha value is -2.79. The smallest absolute Gasteiger partial charge is 0.317 e. The van der Waals surface area contributed by atoms with Gasteiger partial charge in [0.05, 0.1) is 25.0 Å². The number of urea groups is 1. The normalized spacial score (nSPS) is 13.4. The van der Waals surface area contributed by atoms with Crippen LogP contribution in [-0.2, 0) is 13.1 Å². The predicted molar refractivity (Wildman–Crippen MR) is 103 cm³/mol. The van der Waals surface area contributed by atoms with Crippen LogP contribution in [0.25, 0.3) is 11.1 Å². The zero-order valence-corrected chi connectivity index (χ0v) is 15.2. The van der Waals surface area contributed by atoms with Crippen molar-refractivity contribution in [3.8, 4) is 11.1 Å². The van der Waals surface area contributed by atoms with Crippen LogP contribution in [0.15, 0.2) is 54.7 Å². The number of hydrogen-bond acceptors (Lipinski definition) is 2. The summed E-state index contributed by atoms with van der Waals surface area (Å²) in [6, 6.07) is 15.3. The summed E-state index contributed by atoms with van der Waals surface area (Å²) in [5, 5.41) is 8.02. The van der Waals surface area contributed by atoms with Crippen LogP contribution in [-0.4, -0.2) is 27.3 Å². The third-order valence-electron chi connectivity index (χ3n) is 4.67. The molecule has 132 valence electrons. The van der Waals surface area contributed by atoms with E-state index in [1.807, 2.05) is 35.1 Å². The molecule has 0 unspecified atom stereocenters. The van der Waals surface area contributed by atoms with Crippen molar-refractivity contribution in [3.05, 3.63) is 71.0 Å². The van der Waals surface area contributed by atoms with E-state index in [0.29, 0.717) is 30.3 Å². The summed E-state index contributed by atoms with van der Waals surface area (Å²) < 4.78 is 1.99. The van der Waals surface area contributed by atoms with E-state index in [9.17, 15) is 4.79 Å². The number of aryl methyl sites for hydroxylation is 1. The lowest BCUT2D eigenvalue weighted by Crippen LogP contribution is -2.41. The highest BCUT2D eigenvalue weighted by atomic mass is 35.5. The van der Waals surface area contributed by atoms with Crippen LogP contribution in [0.1, 0.15) is 11.3 Å². The Bertz CT molecular complexity index is 966. The number of fused-ring (bicyclic) bond motifs is 1. The average Bonchev–Trinajstić information content (AvgIpc) is 3.05. The van der Waals surface area contributed by atoms with Gasteiger partial charge in [-0.2, -0.15) is 5.10 Å². The van der Waals surface area contributed by atoms with Gasteiger partial charge in [0.25, 0.3) is 0 Å². The summed E-state index contributed by atoms with van der Waals surface area (Å²) in [5.41, 5.74) is 5.20. The van der Waals surface area contributed by atoms with E-state index >= 15 is 0 Å². The maximum absolute atomic E-state index is 12.7. The molecule has 4 rings (SSSR count). The highest BCUT2D eigenvalue weighted by Crippen LogP contribution is 2.29. The molecule has 26 heavy (non-hydrogen) atoms.